The van der Waals surface area contributed by atoms with Crippen LogP contribution in [0, 0.1) is 6.92 Å². The van der Waals surface area contributed by atoms with Crippen molar-refractivity contribution in [1.82, 2.24) is 4.90 Å². The first kappa shape index (κ1) is 21.3. The Hall–Kier alpha value is -3.54. The van der Waals surface area contributed by atoms with Crippen molar-refractivity contribution in [3.63, 3.8) is 0 Å². The van der Waals surface area contributed by atoms with Crippen molar-refractivity contribution in [2.24, 2.45) is 4.99 Å². The number of benzene rings is 2. The minimum Gasteiger partial charge on any atom is -0.493 e. The highest BCUT2D eigenvalue weighted by Crippen LogP contribution is 2.39. The number of aliphatic imine (C=N–C) groups is 1. The molecule has 6 nitrogen and oxygen atoms in total. The summed E-state index contributed by atoms with van der Waals surface area (Å²) in [6, 6.07) is 13.1. The maximum atomic E-state index is 11.6. The minimum atomic E-state index is -0.209. The van der Waals surface area contributed by atoms with Gasteiger partial charge in [-0.3, -0.25) is 9.79 Å². The summed E-state index contributed by atoms with van der Waals surface area (Å²) >= 11 is 0. The van der Waals surface area contributed by atoms with Crippen LogP contribution in [0.4, 0.5) is 5.69 Å². The molecule has 1 N–H and O–H groups in total. The highest BCUT2D eigenvalue weighted by molar-refractivity contribution is 5.96. The van der Waals surface area contributed by atoms with Gasteiger partial charge in [0.1, 0.15) is 11.6 Å². The number of methoxy groups -OCH3 is 1. The number of rotatable bonds is 6. The molecule has 6 heteroatoms. The normalized spacial score (nSPS) is 22.5. The van der Waals surface area contributed by atoms with E-state index in [-0.39, 0.29) is 24.0 Å². The molecular weight excluding hydrogens is 414 g/mol. The van der Waals surface area contributed by atoms with E-state index in [2.05, 4.69) is 72.7 Å². The van der Waals surface area contributed by atoms with Crippen LogP contribution in [0.3, 0.4) is 0 Å². The number of allylic oxidation sites excluding steroid dienone is 2. The van der Waals surface area contributed by atoms with Crippen molar-refractivity contribution in [2.75, 3.05) is 19.0 Å². The van der Waals surface area contributed by atoms with Gasteiger partial charge in [-0.1, -0.05) is 30.3 Å². The summed E-state index contributed by atoms with van der Waals surface area (Å²) in [6.45, 7) is 5.61. The molecule has 3 heterocycles. The molecule has 5 rings (SSSR count). The first-order chi connectivity index (χ1) is 16.0. The third-order valence-electron chi connectivity index (χ3n) is 6.78. The van der Waals surface area contributed by atoms with Gasteiger partial charge in [-0.25, -0.2) is 0 Å². The first-order valence-electron chi connectivity index (χ1n) is 11.4. The van der Waals surface area contributed by atoms with Crippen LogP contribution < -0.4 is 10.1 Å². The standard InChI is InChI=1S/C27H29N3O3/c1-17-19(7-6-8-22(17)27-18(2)29-25-9-4-5-12-30(25)27)15-28-21-10-11-23-20(13-26(31)32-3)16-33-24(23)14-21/h4-12,14,18,20,27-28H,13,15-16H2,1-3H3/t18?,20-,27?/m1/s1. The van der Waals surface area contributed by atoms with Crippen LogP contribution in [0.5, 0.6) is 5.75 Å². The number of carbonyl (C=O) groups excluding carboxylic acids is 1. The van der Waals surface area contributed by atoms with E-state index in [0.29, 0.717) is 19.6 Å². The van der Waals surface area contributed by atoms with E-state index in [1.54, 1.807) is 0 Å². The van der Waals surface area contributed by atoms with Gasteiger partial charge >= 0.3 is 5.97 Å². The number of nitrogens with zero attached hydrogens (tertiary/aromatic N) is 2. The summed E-state index contributed by atoms with van der Waals surface area (Å²) in [4.78, 5) is 18.8. The van der Waals surface area contributed by atoms with Gasteiger partial charge in [0, 0.05) is 36.0 Å². The molecule has 0 saturated heterocycles. The van der Waals surface area contributed by atoms with Crippen LogP contribution in [0.15, 0.2) is 65.8 Å². The van der Waals surface area contributed by atoms with Crippen LogP contribution in [0.2, 0.25) is 0 Å². The van der Waals surface area contributed by atoms with Gasteiger partial charge in [-0.05, 0) is 48.8 Å². The number of anilines is 1. The zero-order valence-corrected chi connectivity index (χ0v) is 19.2. The monoisotopic (exact) mass is 443 g/mol. The fourth-order valence-electron chi connectivity index (χ4n) is 4.97. The topological polar surface area (TPSA) is 63.2 Å². The average molecular weight is 444 g/mol. The van der Waals surface area contributed by atoms with E-state index in [1.807, 2.05) is 12.1 Å². The molecule has 0 saturated carbocycles. The number of nitrogens with one attached hydrogen (secondary N) is 1. The SMILES string of the molecule is COC(=O)C[C@@H]1COc2cc(NCc3cccc(C4C(C)N=C5C=CC=CN54)c3C)ccc21. The Morgan fingerprint density at radius 3 is 2.97 bits per heavy atom. The lowest BCUT2D eigenvalue weighted by molar-refractivity contribution is -0.141. The molecule has 0 aliphatic carbocycles. The van der Waals surface area contributed by atoms with Crippen molar-refractivity contribution in [3.8, 4) is 5.75 Å². The number of carbonyl (C=O) groups is 1. The van der Waals surface area contributed by atoms with Gasteiger partial charge in [0.2, 0.25) is 0 Å². The predicted molar refractivity (Wildman–Crippen MR) is 130 cm³/mol. The van der Waals surface area contributed by atoms with Crippen molar-refractivity contribution < 1.29 is 14.3 Å². The van der Waals surface area contributed by atoms with E-state index in [4.69, 9.17) is 14.5 Å². The van der Waals surface area contributed by atoms with Gasteiger partial charge in [0.05, 0.1) is 32.2 Å². The van der Waals surface area contributed by atoms with Gasteiger partial charge in [0.25, 0.3) is 0 Å². The van der Waals surface area contributed by atoms with E-state index < -0.39 is 0 Å². The minimum absolute atomic E-state index is 0.0552. The maximum absolute atomic E-state index is 11.6. The molecule has 0 radical (unpaired) electrons. The molecule has 2 unspecified atom stereocenters. The van der Waals surface area contributed by atoms with Crippen molar-refractivity contribution in [3.05, 3.63) is 83.1 Å². The van der Waals surface area contributed by atoms with E-state index in [0.717, 1.165) is 22.8 Å². The third kappa shape index (κ3) is 4.01. The molecule has 2 aromatic carbocycles. The second-order valence-corrected chi connectivity index (χ2v) is 8.81. The number of hydrogen-bond donors (Lipinski definition) is 1. The van der Waals surface area contributed by atoms with Gasteiger partial charge in [-0.2, -0.15) is 0 Å². The average Bonchev–Trinajstić information content (AvgIpc) is 3.38. The quantitative estimate of drug-likeness (QED) is 0.645. The molecule has 3 atom stereocenters. The second kappa shape index (κ2) is 8.77. The molecule has 0 amide bonds. The summed E-state index contributed by atoms with van der Waals surface area (Å²) in [7, 11) is 1.42. The maximum Gasteiger partial charge on any atom is 0.306 e. The van der Waals surface area contributed by atoms with Crippen molar-refractivity contribution in [2.45, 2.75) is 44.8 Å². The highest BCUT2D eigenvalue weighted by atomic mass is 16.5. The Balaban J connectivity index is 1.30. The Kier molecular flexibility index (Phi) is 5.67. The lowest BCUT2D eigenvalue weighted by atomic mass is 9.92. The first-order valence-corrected chi connectivity index (χ1v) is 11.4. The summed E-state index contributed by atoms with van der Waals surface area (Å²) in [5.41, 5.74) is 5.93. The summed E-state index contributed by atoms with van der Waals surface area (Å²) < 4.78 is 10.7. The molecule has 3 aliphatic rings. The number of fused-ring (bicyclic) bond motifs is 2. The Morgan fingerprint density at radius 1 is 1.24 bits per heavy atom. The Bertz CT molecular complexity index is 1170. The smallest absolute Gasteiger partial charge is 0.306 e. The number of esters is 1. The largest absolute Gasteiger partial charge is 0.493 e. The molecule has 2 aromatic rings. The third-order valence-corrected chi connectivity index (χ3v) is 6.78. The second-order valence-electron chi connectivity index (χ2n) is 8.81. The Labute approximate surface area is 194 Å². The lowest BCUT2D eigenvalue weighted by Gasteiger charge is -2.29. The molecule has 0 aromatic heterocycles. The fourth-order valence-corrected chi connectivity index (χ4v) is 4.97. The molecule has 33 heavy (non-hydrogen) atoms. The highest BCUT2D eigenvalue weighted by Gasteiger charge is 2.34. The van der Waals surface area contributed by atoms with Crippen LogP contribution in [-0.4, -0.2) is 36.5 Å². The van der Waals surface area contributed by atoms with E-state index in [9.17, 15) is 4.79 Å². The predicted octanol–water partition coefficient (Wildman–Crippen LogP) is 4.87. The molecule has 0 fully saturated rings. The van der Waals surface area contributed by atoms with Crippen molar-refractivity contribution >= 4 is 17.5 Å². The van der Waals surface area contributed by atoms with E-state index in [1.165, 1.54) is 23.8 Å². The lowest BCUT2D eigenvalue weighted by Crippen LogP contribution is -2.28. The molecular formula is C27H29N3O3. The molecule has 170 valence electrons. The number of hydrogen-bond acceptors (Lipinski definition) is 6. The number of amidine groups is 1. The zero-order chi connectivity index (χ0) is 22.9. The Morgan fingerprint density at radius 2 is 2.12 bits per heavy atom. The van der Waals surface area contributed by atoms with Crippen LogP contribution in [0.25, 0.3) is 0 Å². The zero-order valence-electron chi connectivity index (χ0n) is 19.2. The number of ether oxygens (including phenoxy) is 2. The van der Waals surface area contributed by atoms with Crippen LogP contribution in [0.1, 0.15) is 47.6 Å². The fraction of sp³-hybridized carbons (Fsp3) is 0.333. The summed E-state index contributed by atoms with van der Waals surface area (Å²) in [6.07, 6.45) is 8.64. The summed E-state index contributed by atoms with van der Waals surface area (Å²) in [5, 5.41) is 3.54. The van der Waals surface area contributed by atoms with Gasteiger partial charge in [-0.15, -0.1) is 0 Å². The molecule has 0 bridgehead atoms. The molecule has 3 aliphatic heterocycles. The van der Waals surface area contributed by atoms with Gasteiger partial charge in [0.15, 0.2) is 0 Å². The summed E-state index contributed by atoms with van der Waals surface area (Å²) in [5.74, 6) is 1.72. The van der Waals surface area contributed by atoms with Crippen LogP contribution >= 0.6 is 0 Å². The molecule has 0 spiro atoms. The van der Waals surface area contributed by atoms with Gasteiger partial charge < -0.3 is 19.7 Å². The van der Waals surface area contributed by atoms with Crippen molar-refractivity contribution in [1.29, 1.82) is 0 Å². The van der Waals surface area contributed by atoms with E-state index >= 15 is 0 Å². The van der Waals surface area contributed by atoms with Crippen LogP contribution in [-0.2, 0) is 16.1 Å².